The van der Waals surface area contributed by atoms with Crippen LogP contribution in [0.1, 0.15) is 50.1 Å². The highest BCUT2D eigenvalue weighted by atomic mass is 32.1. The molecule has 1 aromatic heterocycles. The third-order valence-electron chi connectivity index (χ3n) is 6.54. The number of allylic oxidation sites excluding steroid dienone is 4. The molecule has 2 heterocycles. The zero-order valence-corrected chi connectivity index (χ0v) is 19.6. The molecule has 0 spiro atoms. The average molecular weight is 439 g/mol. The van der Waals surface area contributed by atoms with Crippen LogP contribution in [0, 0.1) is 5.92 Å². The number of ether oxygens (including phenoxy) is 1. The van der Waals surface area contributed by atoms with Crippen LogP contribution in [0.25, 0.3) is 0 Å². The maximum atomic E-state index is 6.57. The standard InChI is InChI=1S/C27H36N2OS.H2/c1-28-17-13-26(27-12-7-21-31-27)30-25-11-6-5-10-24(25)16-20-29-18-14-23(15-19-29)22-8-3-2-4-9-22;/h3,5-12,21,23,26,28H,2,4,13-20H2,1H3;1H. The van der Waals surface area contributed by atoms with Gasteiger partial charge in [0.15, 0.2) is 0 Å². The van der Waals surface area contributed by atoms with Crippen molar-refractivity contribution >= 4 is 11.3 Å². The lowest BCUT2D eigenvalue weighted by molar-refractivity contribution is 0.190. The maximum absolute atomic E-state index is 6.57. The maximum Gasteiger partial charge on any atom is 0.134 e. The Morgan fingerprint density at radius 1 is 1.16 bits per heavy atom. The van der Waals surface area contributed by atoms with Crippen LogP contribution < -0.4 is 10.1 Å². The second-order valence-electron chi connectivity index (χ2n) is 8.67. The van der Waals surface area contributed by atoms with Gasteiger partial charge in [0.05, 0.1) is 0 Å². The van der Waals surface area contributed by atoms with Crippen molar-refractivity contribution in [2.24, 2.45) is 5.92 Å². The molecule has 0 amide bonds. The summed E-state index contributed by atoms with van der Waals surface area (Å²) >= 11 is 1.78. The summed E-state index contributed by atoms with van der Waals surface area (Å²) in [7, 11) is 2.00. The fourth-order valence-corrected chi connectivity index (χ4v) is 5.48. The van der Waals surface area contributed by atoms with E-state index < -0.39 is 0 Å². The van der Waals surface area contributed by atoms with E-state index >= 15 is 0 Å². The number of hydrogen-bond donors (Lipinski definition) is 1. The van der Waals surface area contributed by atoms with E-state index in [1.807, 2.05) is 7.05 Å². The molecular formula is C27H38N2OS. The Balaban J connectivity index is 0.00000289. The molecule has 0 saturated carbocycles. The lowest BCUT2D eigenvalue weighted by Gasteiger charge is -2.33. The van der Waals surface area contributed by atoms with E-state index in [4.69, 9.17) is 4.74 Å². The number of nitrogens with one attached hydrogen (secondary N) is 1. The first-order valence-corrected chi connectivity index (χ1v) is 12.7. The summed E-state index contributed by atoms with van der Waals surface area (Å²) in [5, 5.41) is 5.40. The first-order valence-electron chi connectivity index (χ1n) is 11.8. The lowest BCUT2D eigenvalue weighted by atomic mass is 9.86. The van der Waals surface area contributed by atoms with Gasteiger partial charge in [-0.15, -0.1) is 11.3 Å². The molecule has 4 heteroatoms. The Morgan fingerprint density at radius 3 is 2.77 bits per heavy atom. The Kier molecular flexibility index (Phi) is 8.39. The molecule has 1 fully saturated rings. The highest BCUT2D eigenvalue weighted by Crippen LogP contribution is 2.31. The fourth-order valence-electron chi connectivity index (χ4n) is 4.69. The SMILES string of the molecule is CNCCC(Oc1ccccc1CCN1CCC(C2=CCCC=C2)CC1)c1cccs1.[HH]. The molecule has 0 radical (unpaired) electrons. The molecule has 1 atom stereocenters. The Labute approximate surface area is 193 Å². The van der Waals surface area contributed by atoms with Crippen molar-refractivity contribution in [3.8, 4) is 5.75 Å². The molecule has 1 N–H and O–H groups in total. The third kappa shape index (κ3) is 6.31. The van der Waals surface area contributed by atoms with Gasteiger partial charge >= 0.3 is 0 Å². The second-order valence-corrected chi connectivity index (χ2v) is 9.65. The first-order chi connectivity index (χ1) is 15.3. The van der Waals surface area contributed by atoms with Crippen LogP contribution in [-0.2, 0) is 6.42 Å². The number of para-hydroxylation sites is 1. The number of thiophene rings is 1. The van der Waals surface area contributed by atoms with Gasteiger partial charge in [-0.2, -0.15) is 0 Å². The van der Waals surface area contributed by atoms with Crippen LogP contribution in [0.5, 0.6) is 5.75 Å². The van der Waals surface area contributed by atoms with Crippen LogP contribution in [0.2, 0.25) is 0 Å². The van der Waals surface area contributed by atoms with Crippen molar-refractivity contribution in [1.82, 2.24) is 10.2 Å². The number of hydrogen-bond acceptors (Lipinski definition) is 4. The quantitative estimate of drug-likeness (QED) is 0.474. The van der Waals surface area contributed by atoms with Crippen LogP contribution in [0.3, 0.4) is 0 Å². The van der Waals surface area contributed by atoms with E-state index in [-0.39, 0.29) is 7.53 Å². The fraction of sp³-hybridized carbons (Fsp3) is 0.481. The van der Waals surface area contributed by atoms with Gasteiger partial charge in [-0.25, -0.2) is 0 Å². The molecular weight excluding hydrogens is 400 g/mol. The molecule has 1 aliphatic heterocycles. The third-order valence-corrected chi connectivity index (χ3v) is 7.50. The van der Waals surface area contributed by atoms with Crippen molar-refractivity contribution < 1.29 is 6.16 Å². The van der Waals surface area contributed by atoms with E-state index in [0.29, 0.717) is 0 Å². The molecule has 1 saturated heterocycles. The average Bonchev–Trinajstić information content (AvgIpc) is 3.37. The predicted molar refractivity (Wildman–Crippen MR) is 134 cm³/mol. The highest BCUT2D eigenvalue weighted by Gasteiger charge is 2.22. The second kappa shape index (κ2) is 11.7. The Bertz CT molecular complexity index is 856. The van der Waals surface area contributed by atoms with Gasteiger partial charge in [-0.1, -0.05) is 42.5 Å². The summed E-state index contributed by atoms with van der Waals surface area (Å²) in [6.45, 7) is 4.48. The predicted octanol–water partition coefficient (Wildman–Crippen LogP) is 6.25. The van der Waals surface area contributed by atoms with Gasteiger partial charge in [0.1, 0.15) is 11.9 Å². The minimum atomic E-state index is 0. The van der Waals surface area contributed by atoms with Gasteiger partial charge in [0.25, 0.3) is 0 Å². The highest BCUT2D eigenvalue weighted by molar-refractivity contribution is 7.10. The summed E-state index contributed by atoms with van der Waals surface area (Å²) < 4.78 is 6.57. The normalized spacial score (nSPS) is 18.7. The number of benzene rings is 1. The topological polar surface area (TPSA) is 24.5 Å². The summed E-state index contributed by atoms with van der Waals surface area (Å²) in [5.74, 6) is 1.81. The van der Waals surface area contributed by atoms with Crippen molar-refractivity contribution in [3.63, 3.8) is 0 Å². The van der Waals surface area contributed by atoms with E-state index in [9.17, 15) is 0 Å². The summed E-state index contributed by atoms with van der Waals surface area (Å²) in [4.78, 5) is 3.94. The van der Waals surface area contributed by atoms with Crippen molar-refractivity contribution in [1.29, 1.82) is 0 Å². The molecule has 3 nitrogen and oxygen atoms in total. The molecule has 168 valence electrons. The van der Waals surface area contributed by atoms with Crippen LogP contribution >= 0.6 is 11.3 Å². The zero-order chi connectivity index (χ0) is 21.3. The Hall–Kier alpha value is -1.88. The molecule has 4 rings (SSSR count). The van der Waals surface area contributed by atoms with E-state index in [1.54, 1.807) is 16.9 Å². The van der Waals surface area contributed by atoms with Crippen molar-refractivity contribution in [3.05, 3.63) is 76.0 Å². The largest absolute Gasteiger partial charge is 0.485 e. The zero-order valence-electron chi connectivity index (χ0n) is 18.8. The molecule has 1 aliphatic carbocycles. The monoisotopic (exact) mass is 438 g/mol. The van der Waals surface area contributed by atoms with Crippen LogP contribution in [0.15, 0.2) is 65.6 Å². The van der Waals surface area contributed by atoms with Gasteiger partial charge in [0.2, 0.25) is 0 Å². The smallest absolute Gasteiger partial charge is 0.134 e. The molecule has 1 unspecified atom stereocenters. The summed E-state index contributed by atoms with van der Waals surface area (Å²) in [5.41, 5.74) is 2.92. The van der Waals surface area contributed by atoms with Gasteiger partial charge < -0.3 is 15.0 Å². The summed E-state index contributed by atoms with van der Waals surface area (Å²) in [6, 6.07) is 12.9. The molecule has 31 heavy (non-hydrogen) atoms. The number of nitrogens with zero attached hydrogens (tertiary/aromatic N) is 1. The van der Waals surface area contributed by atoms with Crippen molar-refractivity contribution in [2.75, 3.05) is 33.2 Å². The van der Waals surface area contributed by atoms with Crippen molar-refractivity contribution in [2.45, 2.75) is 44.6 Å². The van der Waals surface area contributed by atoms with E-state index in [0.717, 1.165) is 37.6 Å². The van der Waals surface area contributed by atoms with E-state index in [2.05, 4.69) is 70.2 Å². The Morgan fingerprint density at radius 2 is 2.03 bits per heavy atom. The lowest BCUT2D eigenvalue weighted by Crippen LogP contribution is -2.35. The molecule has 2 aliphatic rings. The molecule has 0 bridgehead atoms. The number of likely N-dealkylation sites (tertiary alicyclic amines) is 1. The van der Waals surface area contributed by atoms with Crippen LogP contribution in [-0.4, -0.2) is 38.1 Å². The first kappa shape index (κ1) is 22.3. The summed E-state index contributed by atoms with van der Waals surface area (Å²) in [6.07, 6.45) is 14.3. The minimum absolute atomic E-state index is 0. The van der Waals surface area contributed by atoms with Gasteiger partial charge in [-0.3, -0.25) is 0 Å². The van der Waals surface area contributed by atoms with Gasteiger partial charge in [0, 0.05) is 19.3 Å². The minimum Gasteiger partial charge on any atom is -0.485 e. The molecule has 2 aromatic rings. The van der Waals surface area contributed by atoms with E-state index in [1.165, 1.54) is 49.2 Å². The van der Waals surface area contributed by atoms with Gasteiger partial charge in [-0.05, 0) is 93.4 Å². The number of piperidine rings is 1. The number of rotatable bonds is 10. The van der Waals surface area contributed by atoms with Crippen LogP contribution in [0.4, 0.5) is 0 Å². The molecule has 1 aromatic carbocycles.